The first-order valence-corrected chi connectivity index (χ1v) is 9.44. The average Bonchev–Trinajstić information content (AvgIpc) is 2.71. The van der Waals surface area contributed by atoms with Crippen LogP contribution in [-0.4, -0.2) is 48.9 Å². The first-order chi connectivity index (χ1) is 14.7. The maximum absolute atomic E-state index is 13.7. The fraction of sp³-hybridized carbons (Fsp3) is 0.350. The lowest BCUT2D eigenvalue weighted by molar-refractivity contribution is -0.138. The smallest absolute Gasteiger partial charge is 0.322 e. The molecule has 3 rings (SSSR count). The van der Waals surface area contributed by atoms with Gasteiger partial charge in [0, 0.05) is 48.9 Å². The predicted molar refractivity (Wildman–Crippen MR) is 107 cm³/mol. The van der Waals surface area contributed by atoms with E-state index in [-0.39, 0.29) is 29.0 Å². The highest BCUT2D eigenvalue weighted by Gasteiger charge is 2.34. The summed E-state index contributed by atoms with van der Waals surface area (Å²) in [5.74, 6) is -1.57. The Labute approximate surface area is 175 Å². The van der Waals surface area contributed by atoms with Crippen molar-refractivity contribution in [2.24, 2.45) is 5.11 Å². The van der Waals surface area contributed by atoms with Crippen LogP contribution in [0.5, 0.6) is 0 Å². The van der Waals surface area contributed by atoms with Crippen LogP contribution in [0.4, 0.5) is 28.9 Å². The maximum atomic E-state index is 13.7. The molecule has 1 amide bonds. The molecule has 1 saturated heterocycles. The molecule has 2 aromatic carbocycles. The minimum absolute atomic E-state index is 0.0471. The van der Waals surface area contributed by atoms with E-state index in [1.807, 2.05) is 11.9 Å². The van der Waals surface area contributed by atoms with E-state index in [1.54, 1.807) is 0 Å². The molecule has 0 bridgehead atoms. The fourth-order valence-corrected chi connectivity index (χ4v) is 3.28. The second-order valence-electron chi connectivity index (χ2n) is 7.26. The van der Waals surface area contributed by atoms with Crippen molar-refractivity contribution >= 4 is 17.3 Å². The molecule has 31 heavy (non-hydrogen) atoms. The van der Waals surface area contributed by atoms with E-state index in [0.29, 0.717) is 13.1 Å². The van der Waals surface area contributed by atoms with Crippen LogP contribution < -0.4 is 5.32 Å². The number of halogens is 4. The quantitative estimate of drug-likeness (QED) is 0.317. The van der Waals surface area contributed by atoms with Crippen molar-refractivity contribution in [1.82, 2.24) is 9.80 Å². The van der Waals surface area contributed by atoms with Gasteiger partial charge < -0.3 is 10.2 Å². The molecular formula is C20H20F4N6O. The third kappa shape index (κ3) is 5.72. The van der Waals surface area contributed by atoms with Gasteiger partial charge in [0.05, 0.1) is 11.3 Å². The van der Waals surface area contributed by atoms with Crippen molar-refractivity contribution in [2.45, 2.75) is 12.7 Å². The summed E-state index contributed by atoms with van der Waals surface area (Å²) in [6.45, 7) is 3.06. The van der Waals surface area contributed by atoms with Crippen molar-refractivity contribution in [1.29, 1.82) is 0 Å². The monoisotopic (exact) mass is 436 g/mol. The number of likely N-dealkylation sites (N-methyl/N-ethyl adjacent to an activating group) is 1. The second kappa shape index (κ2) is 9.34. The molecule has 1 fully saturated rings. The highest BCUT2D eigenvalue weighted by Crippen LogP contribution is 2.35. The summed E-state index contributed by atoms with van der Waals surface area (Å²) in [7, 11) is 1.96. The lowest BCUT2D eigenvalue weighted by atomic mass is 10.0. The number of carbonyl (C=O) groups is 1. The zero-order valence-corrected chi connectivity index (χ0v) is 16.7. The Morgan fingerprint density at radius 3 is 2.52 bits per heavy atom. The number of piperazine rings is 1. The van der Waals surface area contributed by atoms with Crippen molar-refractivity contribution < 1.29 is 22.4 Å². The highest BCUT2D eigenvalue weighted by atomic mass is 19.4. The molecule has 1 N–H and O–H groups in total. The minimum atomic E-state index is -4.59. The van der Waals surface area contributed by atoms with Crippen LogP contribution in [0.25, 0.3) is 10.4 Å². The molecule has 0 radical (unpaired) electrons. The number of hydrogen-bond donors (Lipinski definition) is 1. The van der Waals surface area contributed by atoms with Gasteiger partial charge in [-0.15, -0.1) is 0 Å². The fourth-order valence-electron chi connectivity index (χ4n) is 3.28. The van der Waals surface area contributed by atoms with Gasteiger partial charge in [0.2, 0.25) is 0 Å². The zero-order chi connectivity index (χ0) is 22.6. The lowest BCUT2D eigenvalue weighted by Crippen LogP contribution is -2.44. The molecular weight excluding hydrogens is 416 g/mol. The van der Waals surface area contributed by atoms with Gasteiger partial charge in [-0.1, -0.05) is 11.2 Å². The largest absolute Gasteiger partial charge is 0.416 e. The SMILES string of the molecule is CN1CCN(Cc2ccc(NC(=O)c3ccc(F)c(N=[N+]=[N-])c3)cc2C(F)(F)F)CC1. The normalized spacial score (nSPS) is 15.4. The van der Waals surface area contributed by atoms with Crippen LogP contribution in [0, 0.1) is 5.82 Å². The van der Waals surface area contributed by atoms with Crippen molar-refractivity contribution in [2.75, 3.05) is 38.5 Å². The molecule has 0 aromatic heterocycles. The first kappa shape index (κ1) is 22.5. The summed E-state index contributed by atoms with van der Waals surface area (Å²) >= 11 is 0. The van der Waals surface area contributed by atoms with Gasteiger partial charge in [-0.05, 0) is 48.5 Å². The van der Waals surface area contributed by atoms with Gasteiger partial charge in [-0.2, -0.15) is 13.2 Å². The number of nitrogens with zero attached hydrogens (tertiary/aromatic N) is 5. The Balaban J connectivity index is 1.81. The van der Waals surface area contributed by atoms with E-state index in [0.717, 1.165) is 37.4 Å². The summed E-state index contributed by atoms with van der Waals surface area (Å²) in [4.78, 5) is 19.0. The van der Waals surface area contributed by atoms with Crippen LogP contribution in [0.3, 0.4) is 0 Å². The van der Waals surface area contributed by atoms with E-state index in [2.05, 4.69) is 20.2 Å². The van der Waals surface area contributed by atoms with Crippen LogP contribution in [0.1, 0.15) is 21.5 Å². The molecule has 2 aromatic rings. The molecule has 0 spiro atoms. The first-order valence-electron chi connectivity index (χ1n) is 9.44. The molecule has 0 saturated carbocycles. The van der Waals surface area contributed by atoms with E-state index in [4.69, 9.17) is 5.53 Å². The minimum Gasteiger partial charge on any atom is -0.322 e. The molecule has 7 nitrogen and oxygen atoms in total. The molecule has 0 atom stereocenters. The molecule has 1 aliphatic heterocycles. The molecule has 11 heteroatoms. The topological polar surface area (TPSA) is 84.3 Å². The van der Waals surface area contributed by atoms with Gasteiger partial charge in [0.25, 0.3) is 5.91 Å². The Hall–Kier alpha value is -3.14. The number of benzene rings is 2. The van der Waals surface area contributed by atoms with Gasteiger partial charge in [-0.3, -0.25) is 9.69 Å². The average molecular weight is 436 g/mol. The summed E-state index contributed by atoms with van der Waals surface area (Å²) in [6.07, 6.45) is -4.59. The predicted octanol–water partition coefficient (Wildman–Crippen LogP) is 4.79. The third-order valence-electron chi connectivity index (χ3n) is 5.02. The zero-order valence-electron chi connectivity index (χ0n) is 16.7. The maximum Gasteiger partial charge on any atom is 0.416 e. The van der Waals surface area contributed by atoms with Gasteiger partial charge in [-0.25, -0.2) is 4.39 Å². The van der Waals surface area contributed by atoms with Crippen LogP contribution in [-0.2, 0) is 12.7 Å². The van der Waals surface area contributed by atoms with Crippen molar-refractivity contribution in [3.05, 3.63) is 69.3 Å². The molecule has 1 heterocycles. The Morgan fingerprint density at radius 2 is 1.87 bits per heavy atom. The Bertz CT molecular complexity index is 1010. The van der Waals surface area contributed by atoms with E-state index in [1.165, 1.54) is 12.1 Å². The lowest BCUT2D eigenvalue weighted by Gasteiger charge is -2.33. The van der Waals surface area contributed by atoms with E-state index < -0.39 is 23.5 Å². The van der Waals surface area contributed by atoms with E-state index in [9.17, 15) is 22.4 Å². The molecule has 0 aliphatic carbocycles. The molecule has 0 unspecified atom stereocenters. The van der Waals surface area contributed by atoms with Gasteiger partial charge >= 0.3 is 6.18 Å². The molecule has 1 aliphatic rings. The van der Waals surface area contributed by atoms with Crippen LogP contribution in [0.15, 0.2) is 41.5 Å². The van der Waals surface area contributed by atoms with E-state index >= 15 is 0 Å². The number of alkyl halides is 3. The number of anilines is 1. The van der Waals surface area contributed by atoms with Gasteiger partial charge in [0.15, 0.2) is 0 Å². The summed E-state index contributed by atoms with van der Waals surface area (Å²) in [6, 6.07) is 6.76. The molecule has 164 valence electrons. The standard InChI is InChI=1S/C20H20F4N6O/c1-29-6-8-30(9-7-29)12-14-2-4-15(11-16(14)20(22,23)24)26-19(31)13-3-5-17(21)18(10-13)27-28-25/h2-5,10-11H,6-9,12H2,1H3,(H,26,31). The van der Waals surface area contributed by atoms with Crippen LogP contribution >= 0.6 is 0 Å². The van der Waals surface area contributed by atoms with Crippen LogP contribution in [0.2, 0.25) is 0 Å². The number of azide groups is 1. The van der Waals surface area contributed by atoms with Gasteiger partial charge in [0.1, 0.15) is 5.82 Å². The Morgan fingerprint density at radius 1 is 1.16 bits per heavy atom. The van der Waals surface area contributed by atoms with Crippen molar-refractivity contribution in [3.63, 3.8) is 0 Å². The Kier molecular flexibility index (Phi) is 6.79. The number of nitrogens with one attached hydrogen (secondary N) is 1. The summed E-state index contributed by atoms with van der Waals surface area (Å²) in [5.41, 5.74) is 7.27. The highest BCUT2D eigenvalue weighted by molar-refractivity contribution is 6.04. The summed E-state index contributed by atoms with van der Waals surface area (Å²) < 4.78 is 54.5. The number of rotatable bonds is 5. The summed E-state index contributed by atoms with van der Waals surface area (Å²) in [5, 5.41) is 5.52. The number of carbonyl (C=O) groups excluding carboxylic acids is 1. The number of amides is 1. The number of hydrogen-bond acceptors (Lipinski definition) is 4. The second-order valence-corrected chi connectivity index (χ2v) is 7.26. The third-order valence-corrected chi connectivity index (χ3v) is 5.02. The van der Waals surface area contributed by atoms with Crippen molar-refractivity contribution in [3.8, 4) is 0 Å².